The molecule has 19 heavy (non-hydrogen) atoms. The normalized spacial score (nSPS) is 11.5. The van der Waals surface area contributed by atoms with E-state index in [0.717, 1.165) is 12.2 Å². The zero-order chi connectivity index (χ0) is 14.6. The van der Waals surface area contributed by atoms with Gasteiger partial charge in [0.25, 0.3) is 5.91 Å². The summed E-state index contributed by atoms with van der Waals surface area (Å²) in [5.41, 5.74) is 1.61. The summed E-state index contributed by atoms with van der Waals surface area (Å²) >= 11 is 0. The summed E-state index contributed by atoms with van der Waals surface area (Å²) in [6.07, 6.45) is 1.67. The maximum atomic E-state index is 11.8. The van der Waals surface area contributed by atoms with E-state index in [1.165, 1.54) is 4.90 Å². The maximum Gasteiger partial charge on any atom is 0.272 e. The lowest BCUT2D eigenvalue weighted by Crippen LogP contribution is -2.28. The second-order valence-electron chi connectivity index (χ2n) is 6.13. The molecule has 0 aliphatic rings. The highest BCUT2D eigenvalue weighted by Gasteiger charge is 2.22. The zero-order valence-corrected chi connectivity index (χ0v) is 12.8. The Labute approximate surface area is 116 Å². The number of hydrogen-bond acceptors (Lipinski definition) is 3. The quantitative estimate of drug-likeness (QED) is 0.888. The number of rotatable bonds is 5. The van der Waals surface area contributed by atoms with Gasteiger partial charge in [-0.1, -0.05) is 27.7 Å². The van der Waals surface area contributed by atoms with E-state index >= 15 is 0 Å². The summed E-state index contributed by atoms with van der Waals surface area (Å²) in [4.78, 5) is 17.5. The first kappa shape index (κ1) is 15.5. The van der Waals surface area contributed by atoms with Gasteiger partial charge in [-0.15, -0.1) is 0 Å². The molecule has 1 amide bonds. The minimum Gasteiger partial charge on any atom is -0.384 e. The van der Waals surface area contributed by atoms with Crippen LogP contribution < -0.4 is 5.32 Å². The topological polar surface area (TPSA) is 45.2 Å². The van der Waals surface area contributed by atoms with Crippen molar-refractivity contribution in [3.8, 4) is 0 Å². The van der Waals surface area contributed by atoms with Gasteiger partial charge in [0, 0.05) is 32.5 Å². The van der Waals surface area contributed by atoms with Gasteiger partial charge in [-0.25, -0.2) is 0 Å². The standard InChI is InChI=1S/C15H25N3O/c1-11(2)15(3,4)10-17-12-7-8-16-13(9-12)14(19)18(5)6/h7-9,11H,10H2,1-6H3,(H,16,17). The number of carbonyl (C=O) groups is 1. The monoisotopic (exact) mass is 263 g/mol. The molecule has 0 fully saturated rings. The van der Waals surface area contributed by atoms with E-state index in [0.29, 0.717) is 11.6 Å². The van der Waals surface area contributed by atoms with Crippen LogP contribution in [0.25, 0.3) is 0 Å². The lowest BCUT2D eigenvalue weighted by atomic mass is 9.81. The Morgan fingerprint density at radius 3 is 2.58 bits per heavy atom. The van der Waals surface area contributed by atoms with Crippen LogP contribution in [0.4, 0.5) is 5.69 Å². The van der Waals surface area contributed by atoms with Gasteiger partial charge in [0.1, 0.15) is 5.69 Å². The highest BCUT2D eigenvalue weighted by molar-refractivity contribution is 5.92. The summed E-state index contributed by atoms with van der Waals surface area (Å²) in [6, 6.07) is 3.70. The molecule has 1 aromatic heterocycles. The molecule has 1 rings (SSSR count). The van der Waals surface area contributed by atoms with Crippen molar-refractivity contribution < 1.29 is 4.79 Å². The summed E-state index contributed by atoms with van der Waals surface area (Å²) in [6.45, 7) is 9.77. The second-order valence-corrected chi connectivity index (χ2v) is 6.13. The SMILES string of the molecule is CC(C)C(C)(C)CNc1ccnc(C(=O)N(C)C)c1. The van der Waals surface area contributed by atoms with Crippen molar-refractivity contribution in [3.63, 3.8) is 0 Å². The number of anilines is 1. The third kappa shape index (κ3) is 4.23. The van der Waals surface area contributed by atoms with Gasteiger partial charge in [-0.05, 0) is 23.5 Å². The molecule has 0 saturated carbocycles. The van der Waals surface area contributed by atoms with Crippen molar-refractivity contribution in [2.75, 3.05) is 26.0 Å². The first-order valence-electron chi connectivity index (χ1n) is 6.65. The van der Waals surface area contributed by atoms with Crippen molar-refractivity contribution in [3.05, 3.63) is 24.0 Å². The smallest absolute Gasteiger partial charge is 0.272 e. The van der Waals surface area contributed by atoms with E-state index in [2.05, 4.69) is 38.0 Å². The van der Waals surface area contributed by atoms with Crippen molar-refractivity contribution in [1.82, 2.24) is 9.88 Å². The van der Waals surface area contributed by atoms with E-state index < -0.39 is 0 Å². The summed E-state index contributed by atoms with van der Waals surface area (Å²) in [7, 11) is 3.46. The summed E-state index contributed by atoms with van der Waals surface area (Å²) in [5.74, 6) is 0.511. The molecule has 0 aromatic carbocycles. The maximum absolute atomic E-state index is 11.8. The van der Waals surface area contributed by atoms with Gasteiger partial charge in [0.05, 0.1) is 0 Å². The zero-order valence-electron chi connectivity index (χ0n) is 12.8. The molecule has 0 spiro atoms. The van der Waals surface area contributed by atoms with Crippen LogP contribution >= 0.6 is 0 Å². The first-order chi connectivity index (χ1) is 8.74. The third-order valence-electron chi connectivity index (χ3n) is 3.70. The summed E-state index contributed by atoms with van der Waals surface area (Å²) < 4.78 is 0. The van der Waals surface area contributed by atoms with Crippen LogP contribution in [0.2, 0.25) is 0 Å². The Morgan fingerprint density at radius 2 is 2.05 bits per heavy atom. The Bertz CT molecular complexity index is 439. The predicted octanol–water partition coefficient (Wildman–Crippen LogP) is 2.88. The average molecular weight is 263 g/mol. The van der Waals surface area contributed by atoms with E-state index in [1.807, 2.05) is 6.07 Å². The molecule has 4 nitrogen and oxygen atoms in total. The number of pyridine rings is 1. The average Bonchev–Trinajstić information content (AvgIpc) is 2.35. The fraction of sp³-hybridized carbons (Fsp3) is 0.600. The fourth-order valence-corrected chi connectivity index (χ4v) is 1.42. The molecule has 0 radical (unpaired) electrons. The van der Waals surface area contributed by atoms with Gasteiger partial charge >= 0.3 is 0 Å². The Balaban J connectivity index is 2.76. The molecule has 0 bridgehead atoms. The van der Waals surface area contributed by atoms with Crippen LogP contribution in [-0.2, 0) is 0 Å². The van der Waals surface area contributed by atoms with Crippen molar-refractivity contribution >= 4 is 11.6 Å². The molecular weight excluding hydrogens is 238 g/mol. The molecule has 1 N–H and O–H groups in total. The number of aromatic nitrogens is 1. The Hall–Kier alpha value is -1.58. The molecule has 0 atom stereocenters. The predicted molar refractivity (Wildman–Crippen MR) is 79.4 cm³/mol. The molecule has 1 heterocycles. The number of nitrogens with zero attached hydrogens (tertiary/aromatic N) is 2. The van der Waals surface area contributed by atoms with Gasteiger partial charge in [0.2, 0.25) is 0 Å². The lowest BCUT2D eigenvalue weighted by molar-refractivity contribution is 0.0822. The molecular formula is C15H25N3O. The minimum atomic E-state index is -0.0771. The Morgan fingerprint density at radius 1 is 1.42 bits per heavy atom. The molecule has 0 aliphatic heterocycles. The molecule has 106 valence electrons. The number of nitrogens with one attached hydrogen (secondary N) is 1. The van der Waals surface area contributed by atoms with Gasteiger partial charge < -0.3 is 10.2 Å². The molecule has 1 aromatic rings. The van der Waals surface area contributed by atoms with Crippen molar-refractivity contribution in [2.24, 2.45) is 11.3 Å². The van der Waals surface area contributed by atoms with Crippen LogP contribution in [0, 0.1) is 11.3 Å². The highest BCUT2D eigenvalue weighted by Crippen LogP contribution is 2.26. The number of hydrogen-bond donors (Lipinski definition) is 1. The van der Waals surface area contributed by atoms with Crippen LogP contribution in [0.1, 0.15) is 38.2 Å². The lowest BCUT2D eigenvalue weighted by Gasteiger charge is -2.29. The van der Waals surface area contributed by atoms with Crippen LogP contribution in [-0.4, -0.2) is 36.4 Å². The van der Waals surface area contributed by atoms with Crippen LogP contribution in [0.5, 0.6) is 0 Å². The minimum absolute atomic E-state index is 0.0771. The van der Waals surface area contributed by atoms with Gasteiger partial charge in [0.15, 0.2) is 0 Å². The van der Waals surface area contributed by atoms with E-state index in [1.54, 1.807) is 26.4 Å². The van der Waals surface area contributed by atoms with Crippen LogP contribution in [0.15, 0.2) is 18.3 Å². The van der Waals surface area contributed by atoms with E-state index in [9.17, 15) is 4.79 Å². The molecule has 0 saturated heterocycles. The van der Waals surface area contributed by atoms with E-state index in [4.69, 9.17) is 0 Å². The fourth-order valence-electron chi connectivity index (χ4n) is 1.42. The summed E-state index contributed by atoms with van der Waals surface area (Å²) in [5, 5.41) is 3.39. The van der Waals surface area contributed by atoms with Gasteiger partial charge in [-0.2, -0.15) is 0 Å². The first-order valence-corrected chi connectivity index (χ1v) is 6.65. The largest absolute Gasteiger partial charge is 0.384 e. The second kappa shape index (κ2) is 6.04. The van der Waals surface area contributed by atoms with Crippen molar-refractivity contribution in [2.45, 2.75) is 27.7 Å². The molecule has 0 aliphatic carbocycles. The third-order valence-corrected chi connectivity index (χ3v) is 3.70. The van der Waals surface area contributed by atoms with Gasteiger partial charge in [-0.3, -0.25) is 9.78 Å². The van der Waals surface area contributed by atoms with E-state index in [-0.39, 0.29) is 11.3 Å². The number of amides is 1. The number of carbonyl (C=O) groups excluding carboxylic acids is 1. The molecule has 0 unspecified atom stereocenters. The Kier molecular flexibility index (Phi) is 4.92. The van der Waals surface area contributed by atoms with Crippen LogP contribution in [0.3, 0.4) is 0 Å². The molecule has 4 heteroatoms. The van der Waals surface area contributed by atoms with Crippen molar-refractivity contribution in [1.29, 1.82) is 0 Å². The highest BCUT2D eigenvalue weighted by atomic mass is 16.2.